The predicted molar refractivity (Wildman–Crippen MR) is 82.7 cm³/mol. The van der Waals surface area contributed by atoms with Gasteiger partial charge in [-0.25, -0.2) is 0 Å². The average Bonchev–Trinajstić information content (AvgIpc) is 3.29. The number of benzene rings is 1. The highest BCUT2D eigenvalue weighted by molar-refractivity contribution is 5.86. The Morgan fingerprint density at radius 3 is 2.65 bits per heavy atom. The van der Waals surface area contributed by atoms with Gasteiger partial charge in [0.2, 0.25) is 5.91 Å². The molecule has 1 aliphatic rings. The summed E-state index contributed by atoms with van der Waals surface area (Å²) in [4.78, 5) is 14.2. The van der Waals surface area contributed by atoms with Crippen molar-refractivity contribution >= 4 is 11.6 Å². The number of amides is 1. The second kappa shape index (κ2) is 6.27. The minimum absolute atomic E-state index is 0.0117. The fraction of sp³-hybridized carbons (Fsp3) is 0.562. The topological polar surface area (TPSA) is 58.4 Å². The number of carbonyl (C=O) groups is 1. The van der Waals surface area contributed by atoms with E-state index >= 15 is 0 Å². The summed E-state index contributed by atoms with van der Waals surface area (Å²) in [7, 11) is 2.06. The van der Waals surface area contributed by atoms with Crippen LogP contribution < -0.4 is 16.0 Å². The van der Waals surface area contributed by atoms with Crippen molar-refractivity contribution in [3.8, 4) is 0 Å². The molecular weight excluding hydrogens is 250 g/mol. The second-order valence-corrected chi connectivity index (χ2v) is 5.92. The van der Waals surface area contributed by atoms with Crippen LogP contribution in [0.15, 0.2) is 30.3 Å². The van der Waals surface area contributed by atoms with E-state index in [2.05, 4.69) is 29.4 Å². The van der Waals surface area contributed by atoms with Gasteiger partial charge in [0.25, 0.3) is 0 Å². The first-order valence-electron chi connectivity index (χ1n) is 7.35. The molecule has 1 fully saturated rings. The van der Waals surface area contributed by atoms with Gasteiger partial charge in [-0.15, -0.1) is 0 Å². The summed E-state index contributed by atoms with van der Waals surface area (Å²) in [5.74, 6) is 0.358. The molecule has 110 valence electrons. The van der Waals surface area contributed by atoms with Crippen molar-refractivity contribution < 1.29 is 4.79 Å². The quantitative estimate of drug-likeness (QED) is 0.745. The van der Waals surface area contributed by atoms with Gasteiger partial charge in [0.05, 0.1) is 5.54 Å². The molecule has 4 heteroatoms. The summed E-state index contributed by atoms with van der Waals surface area (Å²) in [6, 6.07) is 10.2. The monoisotopic (exact) mass is 275 g/mol. The Morgan fingerprint density at radius 2 is 2.05 bits per heavy atom. The van der Waals surface area contributed by atoms with Gasteiger partial charge < -0.3 is 16.0 Å². The first-order chi connectivity index (χ1) is 9.51. The van der Waals surface area contributed by atoms with Gasteiger partial charge in [-0.1, -0.05) is 18.2 Å². The predicted octanol–water partition coefficient (Wildman–Crippen LogP) is 1.76. The van der Waals surface area contributed by atoms with Crippen molar-refractivity contribution in [1.29, 1.82) is 0 Å². The van der Waals surface area contributed by atoms with E-state index in [4.69, 9.17) is 5.73 Å². The van der Waals surface area contributed by atoms with Gasteiger partial charge in [0, 0.05) is 25.8 Å². The number of nitrogens with zero attached hydrogens (tertiary/aromatic N) is 1. The maximum Gasteiger partial charge on any atom is 0.240 e. The van der Waals surface area contributed by atoms with Crippen LogP contribution in [0.25, 0.3) is 0 Å². The van der Waals surface area contributed by atoms with Crippen LogP contribution in [0, 0.1) is 5.92 Å². The Morgan fingerprint density at radius 1 is 1.40 bits per heavy atom. The summed E-state index contributed by atoms with van der Waals surface area (Å²) in [6.07, 6.45) is 3.08. The molecule has 1 aliphatic carbocycles. The molecular formula is C16H25N3O. The SMILES string of the molecule is CN(CCCNC(=O)C(C)(N)C1CC1)c1ccccc1. The van der Waals surface area contributed by atoms with Crippen molar-refractivity contribution in [1.82, 2.24) is 5.32 Å². The molecule has 1 saturated carbocycles. The van der Waals surface area contributed by atoms with Gasteiger partial charge in [-0.3, -0.25) is 4.79 Å². The third-order valence-electron chi connectivity index (χ3n) is 4.07. The minimum Gasteiger partial charge on any atom is -0.375 e. The van der Waals surface area contributed by atoms with Crippen LogP contribution in [0.2, 0.25) is 0 Å². The van der Waals surface area contributed by atoms with E-state index in [1.807, 2.05) is 25.1 Å². The number of hydrogen-bond donors (Lipinski definition) is 2. The molecule has 2 rings (SSSR count). The van der Waals surface area contributed by atoms with Gasteiger partial charge in [0.1, 0.15) is 0 Å². The highest BCUT2D eigenvalue weighted by Gasteiger charge is 2.43. The van der Waals surface area contributed by atoms with Gasteiger partial charge >= 0.3 is 0 Å². The van der Waals surface area contributed by atoms with Crippen molar-refractivity contribution in [2.75, 3.05) is 25.0 Å². The van der Waals surface area contributed by atoms with Crippen LogP contribution in [0.1, 0.15) is 26.2 Å². The number of carbonyl (C=O) groups excluding carboxylic acids is 1. The van der Waals surface area contributed by atoms with E-state index in [9.17, 15) is 4.79 Å². The van der Waals surface area contributed by atoms with Gasteiger partial charge in [-0.2, -0.15) is 0 Å². The second-order valence-electron chi connectivity index (χ2n) is 5.92. The lowest BCUT2D eigenvalue weighted by Crippen LogP contribution is -2.53. The van der Waals surface area contributed by atoms with Crippen molar-refractivity contribution in [2.45, 2.75) is 31.7 Å². The molecule has 0 heterocycles. The van der Waals surface area contributed by atoms with E-state index in [-0.39, 0.29) is 5.91 Å². The molecule has 0 radical (unpaired) electrons. The molecule has 0 bridgehead atoms. The van der Waals surface area contributed by atoms with Crippen LogP contribution in [-0.2, 0) is 4.79 Å². The fourth-order valence-corrected chi connectivity index (χ4v) is 2.39. The zero-order chi connectivity index (χ0) is 14.6. The lowest BCUT2D eigenvalue weighted by molar-refractivity contribution is -0.126. The van der Waals surface area contributed by atoms with Crippen molar-refractivity contribution in [3.05, 3.63) is 30.3 Å². The van der Waals surface area contributed by atoms with Crippen molar-refractivity contribution in [3.63, 3.8) is 0 Å². The molecule has 1 amide bonds. The largest absolute Gasteiger partial charge is 0.375 e. The first kappa shape index (κ1) is 14.9. The summed E-state index contributed by atoms with van der Waals surface area (Å²) in [6.45, 7) is 3.43. The minimum atomic E-state index is -0.689. The maximum atomic E-state index is 12.0. The van der Waals surface area contributed by atoms with Crippen LogP contribution in [0.5, 0.6) is 0 Å². The Labute approximate surface area is 121 Å². The van der Waals surface area contributed by atoms with Gasteiger partial charge in [0.15, 0.2) is 0 Å². The molecule has 0 saturated heterocycles. The Balaban J connectivity index is 1.67. The third-order valence-corrected chi connectivity index (χ3v) is 4.07. The summed E-state index contributed by atoms with van der Waals surface area (Å²) >= 11 is 0. The summed E-state index contributed by atoms with van der Waals surface area (Å²) < 4.78 is 0. The van der Waals surface area contributed by atoms with E-state index in [1.54, 1.807) is 0 Å². The van der Waals surface area contributed by atoms with E-state index in [0.29, 0.717) is 12.5 Å². The normalized spacial score (nSPS) is 17.4. The molecule has 1 aromatic carbocycles. The molecule has 1 unspecified atom stereocenters. The molecule has 1 atom stereocenters. The fourth-order valence-electron chi connectivity index (χ4n) is 2.39. The Bertz CT molecular complexity index is 440. The summed E-state index contributed by atoms with van der Waals surface area (Å²) in [5, 5.41) is 2.96. The van der Waals surface area contributed by atoms with Crippen LogP contribution in [0.3, 0.4) is 0 Å². The van der Waals surface area contributed by atoms with Crippen molar-refractivity contribution in [2.24, 2.45) is 11.7 Å². The average molecular weight is 275 g/mol. The highest BCUT2D eigenvalue weighted by atomic mass is 16.2. The molecule has 4 nitrogen and oxygen atoms in total. The standard InChI is InChI=1S/C16H25N3O/c1-16(17,13-9-10-13)15(20)18-11-6-12-19(2)14-7-4-3-5-8-14/h3-5,7-8,13H,6,9-12,17H2,1-2H3,(H,18,20). The van der Waals surface area contributed by atoms with Crippen LogP contribution in [0.4, 0.5) is 5.69 Å². The molecule has 20 heavy (non-hydrogen) atoms. The number of anilines is 1. The van der Waals surface area contributed by atoms with E-state index < -0.39 is 5.54 Å². The molecule has 0 aliphatic heterocycles. The number of hydrogen-bond acceptors (Lipinski definition) is 3. The number of para-hydroxylation sites is 1. The summed E-state index contributed by atoms with van der Waals surface area (Å²) in [5.41, 5.74) is 6.58. The Kier molecular flexibility index (Phi) is 4.65. The van der Waals surface area contributed by atoms with Gasteiger partial charge in [-0.05, 0) is 44.2 Å². The molecule has 1 aromatic rings. The number of rotatable bonds is 7. The first-order valence-corrected chi connectivity index (χ1v) is 7.35. The lowest BCUT2D eigenvalue weighted by Gasteiger charge is -2.24. The lowest BCUT2D eigenvalue weighted by atomic mass is 9.96. The zero-order valence-corrected chi connectivity index (χ0v) is 12.4. The zero-order valence-electron chi connectivity index (χ0n) is 12.4. The Hall–Kier alpha value is -1.55. The molecule has 0 aromatic heterocycles. The smallest absolute Gasteiger partial charge is 0.240 e. The third kappa shape index (κ3) is 3.73. The van der Waals surface area contributed by atoms with E-state index in [0.717, 1.165) is 25.8 Å². The van der Waals surface area contributed by atoms with Crippen LogP contribution in [-0.4, -0.2) is 31.6 Å². The van der Waals surface area contributed by atoms with E-state index in [1.165, 1.54) is 5.69 Å². The maximum absolute atomic E-state index is 12.0. The molecule has 3 N–H and O–H groups in total. The highest BCUT2D eigenvalue weighted by Crippen LogP contribution is 2.38. The van der Waals surface area contributed by atoms with Crippen LogP contribution >= 0.6 is 0 Å². The number of nitrogens with two attached hydrogens (primary N) is 1. The molecule has 0 spiro atoms. The number of nitrogens with one attached hydrogen (secondary N) is 1.